The van der Waals surface area contributed by atoms with Gasteiger partial charge >= 0.3 is 0 Å². The second-order valence-corrected chi connectivity index (χ2v) is 5.24. The molecule has 2 aromatic rings. The topological polar surface area (TPSA) is 47.0 Å². The molecule has 5 heteroatoms. The first-order chi connectivity index (χ1) is 9.63. The number of nitrogens with zero attached hydrogens (tertiary/aromatic N) is 2. The first kappa shape index (κ1) is 14.8. The summed E-state index contributed by atoms with van der Waals surface area (Å²) < 4.78 is 5.57. The van der Waals surface area contributed by atoms with Crippen molar-refractivity contribution in [2.75, 3.05) is 0 Å². The van der Waals surface area contributed by atoms with Crippen LogP contribution in [0.4, 0.5) is 0 Å². The van der Waals surface area contributed by atoms with Gasteiger partial charge in [-0.05, 0) is 17.7 Å². The highest BCUT2D eigenvalue weighted by atomic mass is 35.5. The summed E-state index contributed by atoms with van der Waals surface area (Å²) in [6, 6.07) is 7.99. The smallest absolute Gasteiger partial charge is 0.232 e. The Kier molecular flexibility index (Phi) is 5.32. The van der Waals surface area contributed by atoms with Crippen LogP contribution in [0.3, 0.4) is 0 Å². The third-order valence-electron chi connectivity index (χ3n) is 2.65. The van der Waals surface area contributed by atoms with E-state index in [2.05, 4.69) is 29.1 Å². The highest BCUT2D eigenvalue weighted by molar-refractivity contribution is 6.30. The molecule has 0 spiro atoms. The van der Waals surface area contributed by atoms with E-state index in [0.717, 1.165) is 11.3 Å². The minimum atomic E-state index is 0.426. The van der Waals surface area contributed by atoms with Crippen LogP contribution in [0.15, 0.2) is 36.7 Å². The van der Waals surface area contributed by atoms with E-state index in [-0.39, 0.29) is 0 Å². The summed E-state index contributed by atoms with van der Waals surface area (Å²) in [5.41, 5.74) is 1.90. The highest BCUT2D eigenvalue weighted by Crippen LogP contribution is 2.13. The van der Waals surface area contributed by atoms with Crippen molar-refractivity contribution in [3.8, 4) is 5.88 Å². The minimum absolute atomic E-state index is 0.426. The van der Waals surface area contributed by atoms with Crippen molar-refractivity contribution in [2.45, 2.75) is 33.0 Å². The molecule has 0 aliphatic carbocycles. The van der Waals surface area contributed by atoms with E-state index in [1.807, 2.05) is 24.3 Å². The second-order valence-electron chi connectivity index (χ2n) is 4.80. The van der Waals surface area contributed by atoms with Crippen LogP contribution in [0, 0.1) is 0 Å². The average Bonchev–Trinajstić information content (AvgIpc) is 2.44. The molecule has 0 saturated carbocycles. The SMILES string of the molecule is CC(C)NCc1cnc(OCc2cccc(Cl)c2)cn1. The predicted molar refractivity (Wildman–Crippen MR) is 79.8 cm³/mol. The Morgan fingerprint density at radius 2 is 2.10 bits per heavy atom. The lowest BCUT2D eigenvalue weighted by Crippen LogP contribution is -2.22. The molecule has 0 atom stereocenters. The van der Waals surface area contributed by atoms with Gasteiger partial charge in [-0.15, -0.1) is 0 Å². The second kappa shape index (κ2) is 7.22. The third-order valence-corrected chi connectivity index (χ3v) is 2.88. The number of rotatable bonds is 6. The molecule has 20 heavy (non-hydrogen) atoms. The lowest BCUT2D eigenvalue weighted by atomic mass is 10.2. The number of aromatic nitrogens is 2. The van der Waals surface area contributed by atoms with Gasteiger partial charge in [-0.1, -0.05) is 37.6 Å². The van der Waals surface area contributed by atoms with Crippen LogP contribution >= 0.6 is 11.6 Å². The molecule has 0 bridgehead atoms. The number of ether oxygens (including phenoxy) is 1. The van der Waals surface area contributed by atoms with Gasteiger partial charge < -0.3 is 10.1 Å². The maximum Gasteiger partial charge on any atom is 0.232 e. The molecule has 0 radical (unpaired) electrons. The van der Waals surface area contributed by atoms with E-state index in [9.17, 15) is 0 Å². The summed E-state index contributed by atoms with van der Waals surface area (Å²) in [5, 5.41) is 3.99. The number of halogens is 1. The van der Waals surface area contributed by atoms with Crippen molar-refractivity contribution in [3.05, 3.63) is 52.9 Å². The number of nitrogens with one attached hydrogen (secondary N) is 1. The Morgan fingerprint density at radius 3 is 2.75 bits per heavy atom. The lowest BCUT2D eigenvalue weighted by molar-refractivity contribution is 0.292. The number of hydrogen-bond acceptors (Lipinski definition) is 4. The normalized spacial score (nSPS) is 10.8. The molecule has 0 aliphatic rings. The van der Waals surface area contributed by atoms with Crippen molar-refractivity contribution < 1.29 is 4.74 Å². The molecule has 0 unspecified atom stereocenters. The van der Waals surface area contributed by atoms with E-state index in [4.69, 9.17) is 16.3 Å². The van der Waals surface area contributed by atoms with E-state index < -0.39 is 0 Å². The summed E-state index contributed by atoms with van der Waals surface area (Å²) in [6.07, 6.45) is 3.37. The van der Waals surface area contributed by atoms with Crippen LogP contribution in [-0.4, -0.2) is 16.0 Å². The molecule has 0 aliphatic heterocycles. The van der Waals surface area contributed by atoms with Gasteiger partial charge in [0.1, 0.15) is 6.61 Å². The molecular weight excluding hydrogens is 274 g/mol. The maximum atomic E-state index is 5.92. The monoisotopic (exact) mass is 291 g/mol. The first-order valence-electron chi connectivity index (χ1n) is 6.55. The van der Waals surface area contributed by atoms with Gasteiger partial charge in [0, 0.05) is 17.6 Å². The Bertz CT molecular complexity index is 543. The Hall–Kier alpha value is -1.65. The summed E-state index contributed by atoms with van der Waals surface area (Å²) in [6.45, 7) is 5.32. The molecule has 106 valence electrons. The molecule has 0 saturated heterocycles. The zero-order valence-electron chi connectivity index (χ0n) is 11.6. The van der Waals surface area contributed by atoms with Gasteiger partial charge in [0.25, 0.3) is 0 Å². The van der Waals surface area contributed by atoms with Gasteiger partial charge in [0.05, 0.1) is 18.1 Å². The van der Waals surface area contributed by atoms with Crippen molar-refractivity contribution in [2.24, 2.45) is 0 Å². The van der Waals surface area contributed by atoms with E-state index in [1.54, 1.807) is 12.4 Å². The van der Waals surface area contributed by atoms with Crippen molar-refractivity contribution in [3.63, 3.8) is 0 Å². The summed E-state index contributed by atoms with van der Waals surface area (Å²) >= 11 is 5.92. The Morgan fingerprint density at radius 1 is 1.25 bits per heavy atom. The fraction of sp³-hybridized carbons (Fsp3) is 0.333. The standard InChI is InChI=1S/C15H18ClN3O/c1-11(2)17-7-14-8-19-15(9-18-14)20-10-12-4-3-5-13(16)6-12/h3-6,8-9,11,17H,7,10H2,1-2H3. The Balaban J connectivity index is 1.87. The van der Waals surface area contributed by atoms with Crippen LogP contribution in [0.5, 0.6) is 5.88 Å². The van der Waals surface area contributed by atoms with Crippen LogP contribution < -0.4 is 10.1 Å². The molecule has 2 rings (SSSR count). The van der Waals surface area contributed by atoms with Crippen LogP contribution in [0.2, 0.25) is 5.02 Å². The fourth-order valence-electron chi connectivity index (χ4n) is 1.60. The summed E-state index contributed by atoms with van der Waals surface area (Å²) in [5.74, 6) is 0.512. The zero-order valence-corrected chi connectivity index (χ0v) is 12.4. The number of benzene rings is 1. The predicted octanol–water partition coefficient (Wildman–Crippen LogP) is 3.21. The minimum Gasteiger partial charge on any atom is -0.472 e. The van der Waals surface area contributed by atoms with Gasteiger partial charge in [0.15, 0.2) is 0 Å². The largest absolute Gasteiger partial charge is 0.472 e. The summed E-state index contributed by atoms with van der Waals surface area (Å²) in [4.78, 5) is 8.54. The molecule has 1 aromatic carbocycles. The van der Waals surface area contributed by atoms with Gasteiger partial charge in [-0.3, -0.25) is 4.98 Å². The molecule has 0 fully saturated rings. The van der Waals surface area contributed by atoms with Gasteiger partial charge in [-0.2, -0.15) is 0 Å². The molecule has 1 N–H and O–H groups in total. The van der Waals surface area contributed by atoms with Crippen molar-refractivity contribution >= 4 is 11.6 Å². The van der Waals surface area contributed by atoms with Crippen LogP contribution in [0.25, 0.3) is 0 Å². The van der Waals surface area contributed by atoms with E-state index >= 15 is 0 Å². The highest BCUT2D eigenvalue weighted by Gasteiger charge is 2.01. The van der Waals surface area contributed by atoms with Gasteiger partial charge in [-0.25, -0.2) is 4.98 Å². The molecule has 1 heterocycles. The van der Waals surface area contributed by atoms with E-state index in [1.165, 1.54) is 0 Å². The molecule has 0 amide bonds. The molecule has 4 nitrogen and oxygen atoms in total. The Labute approximate surface area is 124 Å². The van der Waals surface area contributed by atoms with Crippen molar-refractivity contribution in [1.82, 2.24) is 15.3 Å². The quantitative estimate of drug-likeness (QED) is 0.888. The van der Waals surface area contributed by atoms with Gasteiger partial charge in [0.2, 0.25) is 5.88 Å². The average molecular weight is 292 g/mol. The zero-order chi connectivity index (χ0) is 14.4. The van der Waals surface area contributed by atoms with Crippen LogP contribution in [0.1, 0.15) is 25.1 Å². The maximum absolute atomic E-state index is 5.92. The number of hydrogen-bond donors (Lipinski definition) is 1. The fourth-order valence-corrected chi connectivity index (χ4v) is 1.81. The summed E-state index contributed by atoms with van der Waals surface area (Å²) in [7, 11) is 0. The molecule has 1 aromatic heterocycles. The van der Waals surface area contributed by atoms with E-state index in [0.29, 0.717) is 30.1 Å². The van der Waals surface area contributed by atoms with Crippen molar-refractivity contribution in [1.29, 1.82) is 0 Å². The third kappa shape index (κ3) is 4.79. The van der Waals surface area contributed by atoms with Crippen LogP contribution in [-0.2, 0) is 13.2 Å². The lowest BCUT2D eigenvalue weighted by Gasteiger charge is -2.08. The first-order valence-corrected chi connectivity index (χ1v) is 6.93. The molecular formula is C15H18ClN3O.